The van der Waals surface area contributed by atoms with Crippen molar-refractivity contribution in [3.8, 4) is 0 Å². The van der Waals surface area contributed by atoms with E-state index in [-0.39, 0.29) is 0 Å². The highest BCUT2D eigenvalue weighted by atomic mass is 16.3. The van der Waals surface area contributed by atoms with Crippen LogP contribution in [0.2, 0.25) is 0 Å². The van der Waals surface area contributed by atoms with E-state index in [4.69, 9.17) is 15.6 Å². The van der Waals surface area contributed by atoms with Gasteiger partial charge in [0.2, 0.25) is 0 Å². The lowest BCUT2D eigenvalue weighted by Gasteiger charge is -2.03. The lowest BCUT2D eigenvalue weighted by atomic mass is 10.2. The second-order valence-electron chi connectivity index (χ2n) is 1.67. The van der Waals surface area contributed by atoms with E-state index in [1.165, 1.54) is 6.92 Å². The molecule has 3 N–H and O–H groups in total. The van der Waals surface area contributed by atoms with Crippen molar-refractivity contribution in [3.05, 3.63) is 0 Å². The van der Waals surface area contributed by atoms with Crippen LogP contribution in [0.1, 0.15) is 6.92 Å². The number of Topliss-reactive ketones (excluding diaryl/α,β-unsaturated/α-hetero) is 1. The molecule has 0 saturated carbocycles. The molecule has 0 aromatic carbocycles. The van der Waals surface area contributed by atoms with Gasteiger partial charge in [-0.05, 0) is 0 Å². The Morgan fingerprint density at radius 1 is 1.78 bits per heavy atom. The molecule has 0 aromatic heterocycles. The third kappa shape index (κ3) is 2.34. The fourth-order valence-corrected chi connectivity index (χ4v) is 0.326. The molecule has 0 amide bonds. The zero-order chi connectivity index (χ0) is 7.44. The predicted molar refractivity (Wildman–Crippen MR) is 31.5 cm³/mol. The summed E-state index contributed by atoms with van der Waals surface area (Å²) in [5, 5.41) is 23.6. The number of aliphatic hydroxyl groups excluding tert-OH is 2. The largest absolute Gasteiger partial charge is 0.393 e. The van der Waals surface area contributed by atoms with Crippen molar-refractivity contribution in [3.63, 3.8) is 0 Å². The third-order valence-corrected chi connectivity index (χ3v) is 0.885. The Morgan fingerprint density at radius 2 is 2.22 bits per heavy atom. The Bertz CT molecular complexity index is 132. The summed E-state index contributed by atoms with van der Waals surface area (Å²) in [4.78, 5) is 10.2. The monoisotopic (exact) mass is 131 g/mol. The molecule has 4 heteroatoms. The molecule has 0 aliphatic carbocycles. The van der Waals surface area contributed by atoms with Gasteiger partial charge >= 0.3 is 0 Å². The van der Waals surface area contributed by atoms with Crippen molar-refractivity contribution in [1.29, 1.82) is 5.41 Å². The van der Waals surface area contributed by atoms with E-state index in [9.17, 15) is 4.79 Å². The second-order valence-corrected chi connectivity index (χ2v) is 1.67. The first-order valence-electron chi connectivity index (χ1n) is 2.48. The molecule has 0 aromatic rings. The molecule has 0 fully saturated rings. The first kappa shape index (κ1) is 8.26. The standard InChI is InChI=1S/C5H9NO3/c1-3(8)5(6)4(9)2-7/h4,6-7,9H,2H2,1H3. The number of ketones is 1. The molecule has 1 atom stereocenters. The fourth-order valence-electron chi connectivity index (χ4n) is 0.326. The van der Waals surface area contributed by atoms with E-state index in [2.05, 4.69) is 0 Å². The highest BCUT2D eigenvalue weighted by Crippen LogP contribution is 1.85. The van der Waals surface area contributed by atoms with Crippen LogP contribution in [0.15, 0.2) is 0 Å². The van der Waals surface area contributed by atoms with Crippen molar-refractivity contribution in [2.24, 2.45) is 0 Å². The van der Waals surface area contributed by atoms with Crippen LogP contribution in [-0.2, 0) is 4.79 Å². The SMILES string of the molecule is CC(=O)C(=N)C(O)CO. The molecule has 0 bridgehead atoms. The van der Waals surface area contributed by atoms with E-state index < -0.39 is 24.2 Å². The molecule has 4 nitrogen and oxygen atoms in total. The van der Waals surface area contributed by atoms with Crippen molar-refractivity contribution in [1.82, 2.24) is 0 Å². The van der Waals surface area contributed by atoms with Crippen LogP contribution in [0, 0.1) is 5.41 Å². The van der Waals surface area contributed by atoms with Gasteiger partial charge in [0, 0.05) is 6.92 Å². The second kappa shape index (κ2) is 3.32. The average Bonchev–Trinajstić information content (AvgIpc) is 1.84. The van der Waals surface area contributed by atoms with Crippen LogP contribution < -0.4 is 0 Å². The lowest BCUT2D eigenvalue weighted by molar-refractivity contribution is -0.111. The number of aliphatic hydroxyl groups is 2. The number of nitrogens with one attached hydrogen (secondary N) is 1. The molecule has 0 heterocycles. The van der Waals surface area contributed by atoms with Crippen molar-refractivity contribution < 1.29 is 15.0 Å². The van der Waals surface area contributed by atoms with Gasteiger partial charge in [-0.2, -0.15) is 0 Å². The topological polar surface area (TPSA) is 81.4 Å². The minimum absolute atomic E-state index is 0.447. The van der Waals surface area contributed by atoms with Gasteiger partial charge in [0.25, 0.3) is 0 Å². The summed E-state index contributed by atoms with van der Waals surface area (Å²) < 4.78 is 0. The van der Waals surface area contributed by atoms with Gasteiger partial charge in [0.05, 0.1) is 6.61 Å². The molecular weight excluding hydrogens is 122 g/mol. The summed E-state index contributed by atoms with van der Waals surface area (Å²) >= 11 is 0. The maximum Gasteiger partial charge on any atom is 0.176 e. The van der Waals surface area contributed by atoms with Gasteiger partial charge in [-0.15, -0.1) is 0 Å². The highest BCUT2D eigenvalue weighted by molar-refractivity contribution is 6.39. The molecule has 0 saturated heterocycles. The van der Waals surface area contributed by atoms with Crippen molar-refractivity contribution >= 4 is 11.5 Å². The maximum absolute atomic E-state index is 10.2. The van der Waals surface area contributed by atoms with Gasteiger partial charge in [-0.3, -0.25) is 10.2 Å². The first-order chi connectivity index (χ1) is 4.09. The Labute approximate surface area is 52.6 Å². The predicted octanol–water partition coefficient (Wildman–Crippen LogP) is -1.05. The Hall–Kier alpha value is -0.740. The van der Waals surface area contributed by atoms with Gasteiger partial charge in [0.15, 0.2) is 5.78 Å². The van der Waals surface area contributed by atoms with E-state index >= 15 is 0 Å². The number of carbonyl (C=O) groups excluding carboxylic acids is 1. The van der Waals surface area contributed by atoms with Crippen LogP contribution in [0.25, 0.3) is 0 Å². The highest BCUT2D eigenvalue weighted by Gasteiger charge is 2.12. The third-order valence-electron chi connectivity index (χ3n) is 0.885. The minimum atomic E-state index is -1.32. The molecule has 0 radical (unpaired) electrons. The van der Waals surface area contributed by atoms with Crippen molar-refractivity contribution in [2.45, 2.75) is 13.0 Å². The van der Waals surface area contributed by atoms with Gasteiger partial charge in [-0.1, -0.05) is 0 Å². The number of hydrogen-bond donors (Lipinski definition) is 3. The van der Waals surface area contributed by atoms with E-state index in [0.29, 0.717) is 0 Å². The normalized spacial score (nSPS) is 12.8. The van der Waals surface area contributed by atoms with Crippen LogP contribution in [0.5, 0.6) is 0 Å². The summed E-state index contributed by atoms with van der Waals surface area (Å²) in [6, 6.07) is 0. The molecule has 0 aliphatic heterocycles. The minimum Gasteiger partial charge on any atom is -0.393 e. The van der Waals surface area contributed by atoms with Crippen LogP contribution in [0.4, 0.5) is 0 Å². The van der Waals surface area contributed by atoms with Crippen LogP contribution in [0.3, 0.4) is 0 Å². The van der Waals surface area contributed by atoms with Gasteiger partial charge in [0.1, 0.15) is 11.8 Å². The zero-order valence-electron chi connectivity index (χ0n) is 5.09. The summed E-state index contributed by atoms with van der Waals surface area (Å²) in [6.07, 6.45) is -1.32. The zero-order valence-corrected chi connectivity index (χ0v) is 5.09. The lowest BCUT2D eigenvalue weighted by Crippen LogP contribution is -2.28. The molecular formula is C5H9NO3. The molecule has 0 spiro atoms. The summed E-state index contributed by atoms with van der Waals surface area (Å²) in [6.45, 7) is 0.597. The summed E-state index contributed by atoms with van der Waals surface area (Å²) in [5.74, 6) is -0.517. The van der Waals surface area contributed by atoms with Crippen LogP contribution >= 0.6 is 0 Å². The van der Waals surface area contributed by atoms with E-state index in [0.717, 1.165) is 0 Å². The maximum atomic E-state index is 10.2. The average molecular weight is 131 g/mol. The van der Waals surface area contributed by atoms with Gasteiger partial charge in [-0.25, -0.2) is 0 Å². The van der Waals surface area contributed by atoms with Crippen LogP contribution in [-0.4, -0.2) is 34.4 Å². The van der Waals surface area contributed by atoms with E-state index in [1.54, 1.807) is 0 Å². The fraction of sp³-hybridized carbons (Fsp3) is 0.600. The number of rotatable bonds is 3. The Balaban J connectivity index is 3.88. The molecule has 52 valence electrons. The van der Waals surface area contributed by atoms with Crippen molar-refractivity contribution in [2.75, 3.05) is 6.61 Å². The molecule has 0 aliphatic rings. The van der Waals surface area contributed by atoms with E-state index in [1.807, 2.05) is 0 Å². The summed E-state index contributed by atoms with van der Waals surface area (Å²) in [7, 11) is 0. The Morgan fingerprint density at radius 3 is 2.33 bits per heavy atom. The molecule has 0 rings (SSSR count). The number of hydrogen-bond acceptors (Lipinski definition) is 4. The quantitative estimate of drug-likeness (QED) is 0.427. The Kier molecular flexibility index (Phi) is 3.05. The first-order valence-corrected chi connectivity index (χ1v) is 2.48. The summed E-state index contributed by atoms with van der Waals surface area (Å²) in [5.41, 5.74) is -0.447. The number of carbonyl (C=O) groups is 1. The smallest absolute Gasteiger partial charge is 0.176 e. The molecule has 1 unspecified atom stereocenters. The molecule has 9 heavy (non-hydrogen) atoms. The van der Waals surface area contributed by atoms with Gasteiger partial charge < -0.3 is 10.2 Å².